The van der Waals surface area contributed by atoms with E-state index in [1.807, 2.05) is 30.3 Å². The van der Waals surface area contributed by atoms with Gasteiger partial charge in [0.1, 0.15) is 6.04 Å². The molecule has 0 unspecified atom stereocenters. The van der Waals surface area contributed by atoms with E-state index in [0.717, 1.165) is 12.0 Å². The SMILES string of the molecule is O=C(O)[C@@H]1CCCN1C(=O)NCc1ccccc1. The third kappa shape index (κ3) is 2.80. The molecule has 1 aliphatic heterocycles. The first kappa shape index (κ1) is 12.4. The lowest BCUT2D eigenvalue weighted by molar-refractivity contribution is -0.141. The van der Waals surface area contributed by atoms with Gasteiger partial charge in [0, 0.05) is 13.1 Å². The van der Waals surface area contributed by atoms with E-state index >= 15 is 0 Å². The summed E-state index contributed by atoms with van der Waals surface area (Å²) < 4.78 is 0. The van der Waals surface area contributed by atoms with Gasteiger partial charge < -0.3 is 15.3 Å². The minimum absolute atomic E-state index is 0.302. The maximum Gasteiger partial charge on any atom is 0.326 e. The van der Waals surface area contributed by atoms with Crippen LogP contribution in [0.5, 0.6) is 0 Å². The van der Waals surface area contributed by atoms with Gasteiger partial charge in [-0.15, -0.1) is 0 Å². The number of carbonyl (C=O) groups excluding carboxylic acids is 1. The first-order valence-electron chi connectivity index (χ1n) is 5.99. The summed E-state index contributed by atoms with van der Waals surface area (Å²) in [5.41, 5.74) is 0.997. The van der Waals surface area contributed by atoms with E-state index in [1.54, 1.807) is 0 Å². The van der Waals surface area contributed by atoms with Gasteiger partial charge in [-0.1, -0.05) is 30.3 Å². The number of rotatable bonds is 3. The van der Waals surface area contributed by atoms with Gasteiger partial charge in [0.05, 0.1) is 0 Å². The summed E-state index contributed by atoms with van der Waals surface area (Å²) in [5.74, 6) is -0.928. The van der Waals surface area contributed by atoms with Gasteiger partial charge in [-0.25, -0.2) is 9.59 Å². The molecule has 0 radical (unpaired) electrons. The van der Waals surface area contributed by atoms with Crippen LogP contribution < -0.4 is 5.32 Å². The molecule has 0 aromatic heterocycles. The van der Waals surface area contributed by atoms with Crippen molar-refractivity contribution in [3.05, 3.63) is 35.9 Å². The fraction of sp³-hybridized carbons (Fsp3) is 0.385. The molecule has 1 saturated heterocycles. The van der Waals surface area contributed by atoms with E-state index in [0.29, 0.717) is 19.5 Å². The Morgan fingerprint density at radius 3 is 2.72 bits per heavy atom. The molecule has 1 aromatic carbocycles. The molecule has 1 aliphatic rings. The van der Waals surface area contributed by atoms with Gasteiger partial charge in [-0.3, -0.25) is 0 Å². The molecule has 2 N–H and O–H groups in total. The molecule has 96 valence electrons. The predicted molar refractivity (Wildman–Crippen MR) is 66.0 cm³/mol. The van der Waals surface area contributed by atoms with Crippen LogP contribution in [0.2, 0.25) is 0 Å². The molecule has 1 aromatic rings. The number of aliphatic carboxylic acids is 1. The van der Waals surface area contributed by atoms with Gasteiger partial charge in [0.15, 0.2) is 0 Å². The van der Waals surface area contributed by atoms with E-state index < -0.39 is 12.0 Å². The molecule has 0 saturated carbocycles. The number of hydrogen-bond donors (Lipinski definition) is 2. The lowest BCUT2D eigenvalue weighted by Gasteiger charge is -2.21. The molecule has 0 bridgehead atoms. The standard InChI is InChI=1S/C13H16N2O3/c16-12(17)11-7-4-8-15(11)13(18)14-9-10-5-2-1-3-6-10/h1-3,5-6,11H,4,7-9H2,(H,14,18)(H,16,17)/t11-/m0/s1. The van der Waals surface area contributed by atoms with E-state index in [9.17, 15) is 9.59 Å². The average Bonchev–Trinajstić information content (AvgIpc) is 2.86. The third-order valence-electron chi connectivity index (χ3n) is 3.09. The zero-order valence-electron chi connectivity index (χ0n) is 10.0. The lowest BCUT2D eigenvalue weighted by Crippen LogP contribution is -2.45. The van der Waals surface area contributed by atoms with Crippen LogP contribution in [0.1, 0.15) is 18.4 Å². The van der Waals surface area contributed by atoms with Crippen LogP contribution in [0.3, 0.4) is 0 Å². The Morgan fingerprint density at radius 1 is 1.33 bits per heavy atom. The zero-order chi connectivity index (χ0) is 13.0. The molecule has 0 spiro atoms. The molecule has 2 amide bonds. The fourth-order valence-electron chi connectivity index (χ4n) is 2.14. The van der Waals surface area contributed by atoms with E-state index in [-0.39, 0.29) is 6.03 Å². The van der Waals surface area contributed by atoms with E-state index in [4.69, 9.17) is 5.11 Å². The largest absolute Gasteiger partial charge is 0.480 e. The van der Waals surface area contributed by atoms with Crippen LogP contribution in [0.4, 0.5) is 4.79 Å². The molecule has 1 atom stereocenters. The minimum Gasteiger partial charge on any atom is -0.480 e. The molecule has 1 heterocycles. The Bertz CT molecular complexity index is 433. The Labute approximate surface area is 105 Å². The summed E-state index contributed by atoms with van der Waals surface area (Å²) in [7, 11) is 0. The lowest BCUT2D eigenvalue weighted by atomic mass is 10.2. The Hall–Kier alpha value is -2.04. The second kappa shape index (κ2) is 5.53. The number of carbonyl (C=O) groups is 2. The normalized spacial score (nSPS) is 18.7. The van der Waals surface area contributed by atoms with Crippen LogP contribution >= 0.6 is 0 Å². The zero-order valence-corrected chi connectivity index (χ0v) is 10.0. The molecule has 5 heteroatoms. The summed E-state index contributed by atoms with van der Waals surface area (Å²) in [4.78, 5) is 24.2. The van der Waals surface area contributed by atoms with Crippen molar-refractivity contribution in [3.63, 3.8) is 0 Å². The van der Waals surface area contributed by atoms with Gasteiger partial charge in [0.2, 0.25) is 0 Å². The van der Waals surface area contributed by atoms with Crippen LogP contribution in [-0.4, -0.2) is 34.6 Å². The number of urea groups is 1. The predicted octanol–water partition coefficient (Wildman–Crippen LogP) is 1.45. The summed E-state index contributed by atoms with van der Waals surface area (Å²) in [5, 5.41) is 11.7. The smallest absolute Gasteiger partial charge is 0.326 e. The fourth-order valence-corrected chi connectivity index (χ4v) is 2.14. The molecule has 1 fully saturated rings. The Morgan fingerprint density at radius 2 is 2.06 bits per heavy atom. The second-order valence-corrected chi connectivity index (χ2v) is 4.33. The van der Waals surface area contributed by atoms with Crippen molar-refractivity contribution in [2.45, 2.75) is 25.4 Å². The number of likely N-dealkylation sites (tertiary alicyclic amines) is 1. The van der Waals surface area contributed by atoms with Crippen molar-refractivity contribution < 1.29 is 14.7 Å². The highest BCUT2D eigenvalue weighted by Crippen LogP contribution is 2.17. The minimum atomic E-state index is -0.928. The maximum absolute atomic E-state index is 11.9. The van der Waals surface area contributed by atoms with Crippen molar-refractivity contribution in [2.75, 3.05) is 6.54 Å². The van der Waals surface area contributed by atoms with Gasteiger partial charge in [-0.2, -0.15) is 0 Å². The Kier molecular flexibility index (Phi) is 3.82. The highest BCUT2D eigenvalue weighted by Gasteiger charge is 2.33. The number of amides is 2. The van der Waals surface area contributed by atoms with E-state index in [1.165, 1.54) is 4.90 Å². The van der Waals surface area contributed by atoms with Crippen molar-refractivity contribution in [3.8, 4) is 0 Å². The highest BCUT2D eigenvalue weighted by atomic mass is 16.4. The maximum atomic E-state index is 11.9. The van der Waals surface area contributed by atoms with Crippen LogP contribution in [0.25, 0.3) is 0 Å². The number of nitrogens with zero attached hydrogens (tertiary/aromatic N) is 1. The molecule has 2 rings (SSSR count). The van der Waals surface area contributed by atoms with Gasteiger partial charge in [-0.05, 0) is 18.4 Å². The highest BCUT2D eigenvalue weighted by molar-refractivity contribution is 5.83. The molecule has 5 nitrogen and oxygen atoms in total. The topological polar surface area (TPSA) is 69.6 Å². The first-order chi connectivity index (χ1) is 8.68. The average molecular weight is 248 g/mol. The van der Waals surface area contributed by atoms with Gasteiger partial charge in [0.25, 0.3) is 0 Å². The number of carboxylic acids is 1. The number of hydrogen-bond acceptors (Lipinski definition) is 2. The number of nitrogens with one attached hydrogen (secondary N) is 1. The molecule has 18 heavy (non-hydrogen) atoms. The van der Waals surface area contributed by atoms with Crippen molar-refractivity contribution in [1.29, 1.82) is 0 Å². The third-order valence-corrected chi connectivity index (χ3v) is 3.09. The monoisotopic (exact) mass is 248 g/mol. The first-order valence-corrected chi connectivity index (χ1v) is 5.99. The van der Waals surface area contributed by atoms with Crippen molar-refractivity contribution in [1.82, 2.24) is 10.2 Å². The van der Waals surface area contributed by atoms with Crippen LogP contribution in [0.15, 0.2) is 30.3 Å². The summed E-state index contributed by atoms with van der Waals surface area (Å²) in [6.45, 7) is 0.931. The van der Waals surface area contributed by atoms with E-state index in [2.05, 4.69) is 5.32 Å². The quantitative estimate of drug-likeness (QED) is 0.850. The number of carboxylic acid groups (broad SMARTS) is 1. The Balaban J connectivity index is 1.90. The summed E-state index contributed by atoms with van der Waals surface area (Å²) in [6, 6.07) is 8.56. The van der Waals surface area contributed by atoms with Gasteiger partial charge >= 0.3 is 12.0 Å². The molecular formula is C13H16N2O3. The summed E-state index contributed by atoms with van der Waals surface area (Å²) in [6.07, 6.45) is 1.28. The second-order valence-electron chi connectivity index (χ2n) is 4.33. The van der Waals surface area contributed by atoms with Crippen molar-refractivity contribution in [2.24, 2.45) is 0 Å². The molecule has 0 aliphatic carbocycles. The molecular weight excluding hydrogens is 232 g/mol. The van der Waals surface area contributed by atoms with Crippen LogP contribution in [0, 0.1) is 0 Å². The van der Waals surface area contributed by atoms with Crippen molar-refractivity contribution >= 4 is 12.0 Å². The van der Waals surface area contributed by atoms with Crippen LogP contribution in [-0.2, 0) is 11.3 Å². The number of benzene rings is 1. The summed E-state index contributed by atoms with van der Waals surface area (Å²) >= 11 is 0.